The largest absolute Gasteiger partial charge is 0.453 e. The van der Waals surface area contributed by atoms with Gasteiger partial charge in [0.05, 0.1) is 69.0 Å². The second-order valence-corrected chi connectivity index (χ2v) is 18.0. The van der Waals surface area contributed by atoms with E-state index in [4.69, 9.17) is 23.9 Å². The number of carbonyl (C=O) groups excluding carboxylic acids is 4. The first-order valence-electron chi connectivity index (χ1n) is 22.6. The van der Waals surface area contributed by atoms with E-state index in [-0.39, 0.29) is 47.9 Å². The molecule has 10 rings (SSSR count). The van der Waals surface area contributed by atoms with Gasteiger partial charge in [0.1, 0.15) is 23.7 Å². The molecular weight excluding hydrogens is 879 g/mol. The van der Waals surface area contributed by atoms with Crippen molar-refractivity contribution >= 4 is 35.0 Å². The van der Waals surface area contributed by atoms with E-state index in [0.29, 0.717) is 87.9 Å². The average molecular weight is 929 g/mol. The van der Waals surface area contributed by atoms with Crippen LogP contribution >= 0.6 is 0 Å². The Morgan fingerprint density at radius 3 is 2.15 bits per heavy atom. The number of nitrogens with zero attached hydrogens (tertiary/aromatic N) is 4. The lowest BCUT2D eigenvalue weighted by atomic mass is 9.98. The predicted octanol–water partition coefficient (Wildman–Crippen LogP) is 7.90. The maximum absolute atomic E-state index is 16.7. The quantitative estimate of drug-likeness (QED) is 0.105. The molecule has 2 unspecified atom stereocenters. The van der Waals surface area contributed by atoms with E-state index in [1.54, 1.807) is 58.5 Å². The maximum atomic E-state index is 16.7. The highest BCUT2D eigenvalue weighted by molar-refractivity contribution is 5.89. The molecule has 18 heteroatoms. The van der Waals surface area contributed by atoms with Gasteiger partial charge in [-0.2, -0.15) is 8.78 Å². The highest BCUT2D eigenvalue weighted by Crippen LogP contribution is 2.53. The van der Waals surface area contributed by atoms with E-state index in [2.05, 4.69) is 25.6 Å². The molecule has 1 spiro atoms. The van der Waals surface area contributed by atoms with Crippen LogP contribution in [0.25, 0.3) is 44.5 Å². The number of alkyl halides is 2. The van der Waals surface area contributed by atoms with Gasteiger partial charge in [-0.15, -0.1) is 0 Å². The molecule has 4 N–H and O–H groups in total. The third kappa shape index (κ3) is 7.90. The number of aromatic amines is 2. The number of amides is 4. The van der Waals surface area contributed by atoms with Crippen molar-refractivity contribution in [2.24, 2.45) is 5.92 Å². The minimum atomic E-state index is -3.33. The van der Waals surface area contributed by atoms with Gasteiger partial charge in [-0.05, 0) is 70.8 Å². The lowest BCUT2D eigenvalue weighted by Gasteiger charge is -2.30. The number of rotatable bonds is 10. The number of halogens is 2. The molecule has 0 radical (unpaired) electrons. The van der Waals surface area contributed by atoms with Gasteiger partial charge in [0.15, 0.2) is 5.79 Å². The van der Waals surface area contributed by atoms with Crippen LogP contribution in [-0.4, -0.2) is 106 Å². The summed E-state index contributed by atoms with van der Waals surface area (Å²) in [5, 5.41) is 5.33. The summed E-state index contributed by atoms with van der Waals surface area (Å²) in [7, 11) is 2.48. The van der Waals surface area contributed by atoms with Crippen LogP contribution in [0.4, 0.5) is 18.4 Å². The van der Waals surface area contributed by atoms with Crippen LogP contribution in [0, 0.1) is 5.92 Å². The van der Waals surface area contributed by atoms with Crippen molar-refractivity contribution in [3.05, 3.63) is 119 Å². The summed E-state index contributed by atoms with van der Waals surface area (Å²) in [5.41, 5.74) is 4.82. The molecule has 3 aliphatic heterocycles. The smallest absolute Gasteiger partial charge is 0.407 e. The minimum absolute atomic E-state index is 0.108. The summed E-state index contributed by atoms with van der Waals surface area (Å²) in [6.07, 6.45) is 1.78. The molecule has 5 heterocycles. The van der Waals surface area contributed by atoms with E-state index in [0.717, 1.165) is 6.42 Å². The van der Waals surface area contributed by atoms with Gasteiger partial charge in [0.2, 0.25) is 5.91 Å². The second kappa shape index (κ2) is 17.5. The van der Waals surface area contributed by atoms with Crippen molar-refractivity contribution in [1.29, 1.82) is 0 Å². The predicted molar refractivity (Wildman–Crippen MR) is 244 cm³/mol. The summed E-state index contributed by atoms with van der Waals surface area (Å²) in [6.45, 7) is 4.94. The molecule has 68 heavy (non-hydrogen) atoms. The Morgan fingerprint density at radius 1 is 0.779 bits per heavy atom. The van der Waals surface area contributed by atoms with Gasteiger partial charge in [-0.3, -0.25) is 9.59 Å². The number of H-pyrrole nitrogens is 2. The molecule has 4 atom stereocenters. The lowest BCUT2D eigenvalue weighted by molar-refractivity contribution is -0.153. The van der Waals surface area contributed by atoms with Gasteiger partial charge in [-0.1, -0.05) is 74.5 Å². The SMILES string of the molecule is COC(=O)N[C@H](C(=O)N1CC2(CC1c1ncc(-c3ccc4c(c3)C(F)(F)c3cc(-c5ccc6nc(C7CCCN7C(=O)[C@H](NC(=O)OC)c7ccccc7)[nH]c6c5)ccc3-4)[nH]1)OCCO2)C(C)C. The molecule has 4 amide bonds. The van der Waals surface area contributed by atoms with E-state index in [1.165, 1.54) is 26.4 Å². The van der Waals surface area contributed by atoms with Crippen molar-refractivity contribution in [2.45, 2.75) is 69.0 Å². The zero-order valence-corrected chi connectivity index (χ0v) is 37.8. The third-order valence-corrected chi connectivity index (χ3v) is 13.5. The van der Waals surface area contributed by atoms with Crippen LogP contribution in [0.2, 0.25) is 0 Å². The summed E-state index contributed by atoms with van der Waals surface area (Å²) >= 11 is 0. The number of fused-ring (bicyclic) bond motifs is 4. The van der Waals surface area contributed by atoms with E-state index in [9.17, 15) is 19.2 Å². The second-order valence-electron chi connectivity index (χ2n) is 18.0. The normalized spacial score (nSPS) is 19.8. The Hall–Kier alpha value is -7.18. The molecule has 3 saturated heterocycles. The highest BCUT2D eigenvalue weighted by atomic mass is 19.3. The Labute approximate surface area is 389 Å². The Morgan fingerprint density at radius 2 is 1.44 bits per heavy atom. The summed E-state index contributed by atoms with van der Waals surface area (Å²) in [5.74, 6) is -4.29. The van der Waals surface area contributed by atoms with Crippen molar-refractivity contribution in [1.82, 2.24) is 40.4 Å². The van der Waals surface area contributed by atoms with Gasteiger partial charge in [0, 0.05) is 29.7 Å². The molecule has 0 saturated carbocycles. The summed E-state index contributed by atoms with van der Waals surface area (Å²) in [6, 6.07) is 21.7. The van der Waals surface area contributed by atoms with Gasteiger partial charge in [0.25, 0.3) is 11.8 Å². The Bertz CT molecular complexity index is 2930. The number of benzene rings is 4. The number of carbonyl (C=O) groups is 4. The van der Waals surface area contributed by atoms with Crippen LogP contribution in [0.1, 0.15) is 79.6 Å². The number of methoxy groups -OCH3 is 2. The zero-order chi connectivity index (χ0) is 47.5. The molecule has 6 aromatic rings. The minimum Gasteiger partial charge on any atom is -0.453 e. The molecule has 1 aliphatic carbocycles. The fraction of sp³-hybridized carbons (Fsp3) is 0.360. The van der Waals surface area contributed by atoms with Crippen molar-refractivity contribution < 1.29 is 46.9 Å². The maximum Gasteiger partial charge on any atom is 0.407 e. The Balaban J connectivity index is 0.890. The van der Waals surface area contributed by atoms with Crippen LogP contribution in [0.5, 0.6) is 0 Å². The summed E-state index contributed by atoms with van der Waals surface area (Å²) < 4.78 is 55.1. The summed E-state index contributed by atoms with van der Waals surface area (Å²) in [4.78, 5) is 72.2. The zero-order valence-electron chi connectivity index (χ0n) is 37.8. The molecule has 352 valence electrons. The third-order valence-electron chi connectivity index (χ3n) is 13.5. The molecular formula is C50H50F2N8O8. The van der Waals surface area contributed by atoms with E-state index >= 15 is 8.78 Å². The molecule has 0 bridgehead atoms. The first-order valence-corrected chi connectivity index (χ1v) is 22.6. The standard InChI is InChI=1S/C50H50F2N8O8/c1-27(2)41(57-47(63)65-3)45(61)60-26-49(67-19-20-68-49)24-40(60)43-53-25-38(56-43)31-13-16-33-32-15-12-29(21-34(32)50(51,52)35(33)22-31)30-14-17-36-37(23-30)55-44(54-36)39-11-8-18-59(39)46(62)42(58-48(64)66-4)28-9-6-5-7-10-28/h5-7,9-10,12-17,21-23,25,27,39-42H,8,11,18-20,24,26H2,1-4H3,(H,53,56)(H,54,55)(H,57,63)(H,58,64)/t39?,40?,41-,42+/m0/s1. The number of hydrogen-bond donors (Lipinski definition) is 4. The number of imidazole rings is 2. The molecule has 3 fully saturated rings. The van der Waals surface area contributed by atoms with Crippen molar-refractivity contribution in [3.63, 3.8) is 0 Å². The lowest BCUT2D eigenvalue weighted by Crippen LogP contribution is -2.52. The van der Waals surface area contributed by atoms with Crippen molar-refractivity contribution in [3.8, 4) is 33.5 Å². The fourth-order valence-corrected chi connectivity index (χ4v) is 10.1. The molecule has 4 aliphatic rings. The van der Waals surface area contributed by atoms with Crippen LogP contribution < -0.4 is 10.6 Å². The first kappa shape index (κ1) is 44.6. The number of aromatic nitrogens is 4. The van der Waals surface area contributed by atoms with Gasteiger partial charge >= 0.3 is 12.2 Å². The van der Waals surface area contributed by atoms with Crippen LogP contribution in [0.3, 0.4) is 0 Å². The van der Waals surface area contributed by atoms with Crippen LogP contribution in [0.15, 0.2) is 91.1 Å². The van der Waals surface area contributed by atoms with E-state index < -0.39 is 42.0 Å². The number of ether oxygens (including phenoxy) is 4. The van der Waals surface area contributed by atoms with Gasteiger partial charge < -0.3 is 49.3 Å². The average Bonchev–Trinajstić information content (AvgIpc) is 4.23. The fourth-order valence-electron chi connectivity index (χ4n) is 10.1. The van der Waals surface area contributed by atoms with E-state index in [1.807, 2.05) is 44.2 Å². The number of likely N-dealkylation sites (tertiary alicyclic amines) is 2. The molecule has 16 nitrogen and oxygen atoms in total. The topological polar surface area (TPSA) is 193 Å². The monoisotopic (exact) mass is 928 g/mol. The number of nitrogens with one attached hydrogen (secondary N) is 4. The molecule has 2 aromatic heterocycles. The first-order chi connectivity index (χ1) is 32.8. The van der Waals surface area contributed by atoms with Crippen molar-refractivity contribution in [2.75, 3.05) is 40.5 Å². The highest BCUT2D eigenvalue weighted by Gasteiger charge is 2.53. The van der Waals surface area contributed by atoms with Gasteiger partial charge in [-0.25, -0.2) is 19.6 Å². The van der Waals surface area contributed by atoms with Crippen LogP contribution in [-0.2, 0) is 34.5 Å². The number of hydrogen-bond acceptors (Lipinski definition) is 10. The molecule has 4 aromatic carbocycles. The Kier molecular flexibility index (Phi) is 11.5. The number of alkyl carbamates (subject to hydrolysis) is 2.